The smallest absolute Gasteiger partial charge is 0.240 e. The van der Waals surface area contributed by atoms with E-state index in [4.69, 9.17) is 21.1 Å². The monoisotopic (exact) mass is 561 g/mol. The summed E-state index contributed by atoms with van der Waals surface area (Å²) in [4.78, 5) is 23.9. The first-order chi connectivity index (χ1) is 16.8. The molecule has 0 heterocycles. The maximum absolute atomic E-state index is 12.9. The minimum atomic E-state index is -0.426. The first kappa shape index (κ1) is 26.2. The van der Waals surface area contributed by atoms with E-state index in [1.807, 2.05) is 12.1 Å². The molecule has 0 saturated carbocycles. The molecule has 0 fully saturated rings. The number of amides is 2. The third kappa shape index (κ3) is 8.38. The summed E-state index contributed by atoms with van der Waals surface area (Å²) in [6.45, 7) is 0.324. The molecule has 0 aliphatic rings. The number of carbonyl (C=O) groups is 2. The average molecular weight is 563 g/mol. The molecule has 0 saturated heterocycles. The largest absolute Gasteiger partial charge is 0.493 e. The zero-order chi connectivity index (χ0) is 25.2. The van der Waals surface area contributed by atoms with Crippen LogP contribution in [0.15, 0.2) is 70.2 Å². The van der Waals surface area contributed by atoms with Gasteiger partial charge in [-0.15, -0.1) is 0 Å². The summed E-state index contributed by atoms with van der Waals surface area (Å²) in [5, 5.41) is 7.18. The summed E-state index contributed by atoms with van der Waals surface area (Å²) < 4.78 is 24.9. The van der Waals surface area contributed by atoms with Crippen LogP contribution in [0.5, 0.6) is 11.5 Å². The van der Waals surface area contributed by atoms with Crippen LogP contribution >= 0.6 is 27.5 Å². The lowest BCUT2D eigenvalue weighted by atomic mass is 10.2. The Kier molecular flexibility index (Phi) is 9.63. The third-order valence-electron chi connectivity index (χ3n) is 4.66. The second-order valence-electron chi connectivity index (χ2n) is 7.30. The number of nitrogens with one attached hydrogen (secondary N) is 2. The van der Waals surface area contributed by atoms with E-state index in [-0.39, 0.29) is 18.7 Å². The van der Waals surface area contributed by atoms with Crippen molar-refractivity contribution in [2.45, 2.75) is 19.4 Å². The van der Waals surface area contributed by atoms with Crippen LogP contribution < -0.4 is 20.2 Å². The molecule has 0 unspecified atom stereocenters. The highest BCUT2D eigenvalue weighted by Crippen LogP contribution is 2.36. The second-order valence-corrected chi connectivity index (χ2v) is 8.59. The predicted octanol–water partition coefficient (Wildman–Crippen LogP) is 5.70. The number of hydrogen-bond donors (Lipinski definition) is 2. The van der Waals surface area contributed by atoms with Crippen molar-refractivity contribution >= 4 is 51.2 Å². The van der Waals surface area contributed by atoms with Crippen LogP contribution in [0, 0.1) is 5.82 Å². The molecule has 0 radical (unpaired) electrons. The molecule has 182 valence electrons. The van der Waals surface area contributed by atoms with Gasteiger partial charge < -0.3 is 14.8 Å². The number of benzene rings is 3. The normalized spacial score (nSPS) is 10.7. The molecular weight excluding hydrogens is 541 g/mol. The number of hydrazone groups is 1. The number of ether oxygens (including phenoxy) is 2. The molecule has 0 spiro atoms. The lowest BCUT2D eigenvalue weighted by Gasteiger charge is -2.13. The predicted molar refractivity (Wildman–Crippen MR) is 136 cm³/mol. The van der Waals surface area contributed by atoms with Crippen LogP contribution in [0.4, 0.5) is 10.1 Å². The number of methoxy groups -OCH3 is 1. The van der Waals surface area contributed by atoms with E-state index >= 15 is 0 Å². The van der Waals surface area contributed by atoms with Gasteiger partial charge in [0.25, 0.3) is 0 Å². The van der Waals surface area contributed by atoms with Gasteiger partial charge in [-0.25, -0.2) is 9.82 Å². The number of anilines is 1. The maximum Gasteiger partial charge on any atom is 0.240 e. The lowest BCUT2D eigenvalue weighted by Crippen LogP contribution is -2.20. The number of nitrogens with zero attached hydrogens (tertiary/aromatic N) is 1. The van der Waals surface area contributed by atoms with Gasteiger partial charge in [-0.1, -0.05) is 23.7 Å². The van der Waals surface area contributed by atoms with Crippen LogP contribution in [0.3, 0.4) is 0 Å². The van der Waals surface area contributed by atoms with Crippen molar-refractivity contribution in [3.63, 3.8) is 0 Å². The fourth-order valence-corrected chi connectivity index (χ4v) is 3.61. The van der Waals surface area contributed by atoms with Gasteiger partial charge in [-0.3, -0.25) is 9.59 Å². The van der Waals surface area contributed by atoms with Crippen molar-refractivity contribution in [1.29, 1.82) is 0 Å². The maximum atomic E-state index is 12.9. The SMILES string of the molecule is COc1cc(C=NNC(=O)CCC(=O)Nc2ccc(F)cc2)cc(Br)c1OCc1ccc(Cl)cc1. The fraction of sp³-hybridized carbons (Fsp3) is 0.160. The molecule has 0 atom stereocenters. The highest BCUT2D eigenvalue weighted by atomic mass is 79.9. The molecule has 35 heavy (non-hydrogen) atoms. The van der Waals surface area contributed by atoms with E-state index < -0.39 is 11.7 Å². The lowest BCUT2D eigenvalue weighted by molar-refractivity contribution is -0.124. The van der Waals surface area contributed by atoms with Gasteiger partial charge in [-0.05, 0) is 75.6 Å². The Labute approximate surface area is 215 Å². The Morgan fingerprint density at radius 1 is 1.06 bits per heavy atom. The first-order valence-corrected chi connectivity index (χ1v) is 11.6. The Morgan fingerprint density at radius 2 is 1.74 bits per heavy atom. The van der Waals surface area contributed by atoms with Crippen molar-refractivity contribution in [3.8, 4) is 11.5 Å². The highest BCUT2D eigenvalue weighted by Gasteiger charge is 2.12. The number of halogens is 3. The number of rotatable bonds is 10. The Morgan fingerprint density at radius 3 is 2.43 bits per heavy atom. The van der Waals surface area contributed by atoms with E-state index in [1.54, 1.807) is 24.3 Å². The Hall–Kier alpha value is -3.43. The van der Waals surface area contributed by atoms with Crippen molar-refractivity contribution in [2.75, 3.05) is 12.4 Å². The van der Waals surface area contributed by atoms with E-state index in [0.717, 1.165) is 5.56 Å². The van der Waals surface area contributed by atoms with Crippen molar-refractivity contribution in [3.05, 3.63) is 87.1 Å². The molecule has 3 rings (SSSR count). The molecule has 0 aromatic heterocycles. The van der Waals surface area contributed by atoms with Gasteiger partial charge in [0.1, 0.15) is 12.4 Å². The average Bonchev–Trinajstić information content (AvgIpc) is 2.84. The molecule has 0 aliphatic carbocycles. The minimum Gasteiger partial charge on any atom is -0.493 e. The van der Waals surface area contributed by atoms with Gasteiger partial charge in [0.15, 0.2) is 11.5 Å². The summed E-state index contributed by atoms with van der Waals surface area (Å²) in [6.07, 6.45) is 1.35. The summed E-state index contributed by atoms with van der Waals surface area (Å²) in [5.41, 5.74) is 4.44. The van der Waals surface area contributed by atoms with Gasteiger partial charge in [0.2, 0.25) is 11.8 Å². The molecule has 2 amide bonds. The van der Waals surface area contributed by atoms with Crippen LogP contribution in [0.1, 0.15) is 24.0 Å². The van der Waals surface area contributed by atoms with Crippen molar-refractivity contribution < 1.29 is 23.5 Å². The summed E-state index contributed by atoms with van der Waals surface area (Å²) in [6, 6.07) is 16.2. The van der Waals surface area contributed by atoms with Crippen molar-refractivity contribution in [1.82, 2.24) is 5.43 Å². The quantitative estimate of drug-likeness (QED) is 0.245. The van der Waals surface area contributed by atoms with Crippen LogP contribution in [-0.4, -0.2) is 25.1 Å². The fourth-order valence-electron chi connectivity index (χ4n) is 2.91. The molecule has 0 bridgehead atoms. The zero-order valence-corrected chi connectivity index (χ0v) is 21.0. The van der Waals surface area contributed by atoms with E-state index in [9.17, 15) is 14.0 Å². The van der Waals surface area contributed by atoms with Gasteiger partial charge in [-0.2, -0.15) is 5.10 Å². The van der Waals surface area contributed by atoms with E-state index in [0.29, 0.717) is 38.9 Å². The van der Waals surface area contributed by atoms with E-state index in [1.165, 1.54) is 37.6 Å². The molecule has 2 N–H and O–H groups in total. The van der Waals surface area contributed by atoms with Gasteiger partial charge >= 0.3 is 0 Å². The molecule has 3 aromatic rings. The minimum absolute atomic E-state index is 0.0439. The Bertz CT molecular complexity index is 1200. The third-order valence-corrected chi connectivity index (χ3v) is 5.50. The topological polar surface area (TPSA) is 89.0 Å². The summed E-state index contributed by atoms with van der Waals surface area (Å²) in [7, 11) is 1.52. The summed E-state index contributed by atoms with van der Waals surface area (Å²) >= 11 is 9.39. The molecule has 7 nitrogen and oxygen atoms in total. The highest BCUT2D eigenvalue weighted by molar-refractivity contribution is 9.10. The number of hydrogen-bond acceptors (Lipinski definition) is 5. The zero-order valence-electron chi connectivity index (χ0n) is 18.7. The van der Waals surface area contributed by atoms with Gasteiger partial charge in [0.05, 0.1) is 17.8 Å². The molecule has 3 aromatic carbocycles. The Balaban J connectivity index is 1.50. The molecule has 0 aliphatic heterocycles. The van der Waals surface area contributed by atoms with Crippen LogP contribution in [0.2, 0.25) is 5.02 Å². The van der Waals surface area contributed by atoms with Crippen molar-refractivity contribution in [2.24, 2.45) is 5.10 Å². The second kappa shape index (κ2) is 12.9. The molecule has 10 heteroatoms. The molecular formula is C25H22BrClFN3O4. The first-order valence-electron chi connectivity index (χ1n) is 10.5. The standard InChI is InChI=1S/C25H22BrClFN3O4/c1-34-22-13-17(12-21(26)25(22)35-15-16-2-4-18(27)5-3-16)14-29-31-24(33)11-10-23(32)30-20-8-6-19(28)7-9-20/h2-9,12-14H,10-11,15H2,1H3,(H,30,32)(H,31,33). The van der Waals surface area contributed by atoms with Crippen LogP contribution in [-0.2, 0) is 16.2 Å². The van der Waals surface area contributed by atoms with E-state index in [2.05, 4.69) is 31.8 Å². The van der Waals surface area contributed by atoms with Gasteiger partial charge in [0, 0.05) is 23.6 Å². The summed E-state index contributed by atoms with van der Waals surface area (Å²) in [5.74, 6) is -0.178. The number of carbonyl (C=O) groups excluding carboxylic acids is 2. The van der Waals surface area contributed by atoms with Crippen LogP contribution in [0.25, 0.3) is 0 Å².